The van der Waals surface area contributed by atoms with Crippen LogP contribution in [0.5, 0.6) is 0 Å². The van der Waals surface area contributed by atoms with Gasteiger partial charge in [0.25, 0.3) is 5.91 Å². The Bertz CT molecular complexity index is 377. The van der Waals surface area contributed by atoms with Gasteiger partial charge in [0, 0.05) is 19.0 Å². The Morgan fingerprint density at radius 2 is 2.00 bits per heavy atom. The maximum absolute atomic E-state index is 11.4. The molecule has 4 heteroatoms. The Kier molecular flexibility index (Phi) is 4.31. The van der Waals surface area contributed by atoms with Crippen LogP contribution < -0.4 is 5.32 Å². The number of amides is 1. The van der Waals surface area contributed by atoms with Crippen LogP contribution in [0.1, 0.15) is 15.9 Å². The average molecular weight is 226 g/mol. The molecule has 0 radical (unpaired) electrons. The molecule has 0 aliphatic rings. The summed E-state index contributed by atoms with van der Waals surface area (Å²) in [4.78, 5) is 22.6. The van der Waals surface area contributed by atoms with E-state index in [1.165, 1.54) is 0 Å². The maximum Gasteiger partial charge on any atom is 0.251 e. The molecule has 1 aromatic rings. The zero-order chi connectivity index (χ0) is 11.3. The van der Waals surface area contributed by atoms with Gasteiger partial charge in [0.2, 0.25) is 0 Å². The summed E-state index contributed by atoms with van der Waals surface area (Å²) in [5.41, 5.74) is 1.24. The summed E-state index contributed by atoms with van der Waals surface area (Å²) in [6.07, 6.45) is 0.201. The molecule has 0 fully saturated rings. The lowest BCUT2D eigenvalue weighted by molar-refractivity contribution is -0.116. The fourth-order valence-corrected chi connectivity index (χ4v) is 1.38. The Hall–Kier alpha value is -1.35. The summed E-state index contributed by atoms with van der Waals surface area (Å²) < 4.78 is 0. The minimum Gasteiger partial charge on any atom is -0.355 e. The molecule has 0 heterocycles. The van der Waals surface area contributed by atoms with Gasteiger partial charge >= 0.3 is 0 Å². The van der Waals surface area contributed by atoms with Crippen molar-refractivity contribution in [2.75, 3.05) is 12.9 Å². The summed E-state index contributed by atoms with van der Waals surface area (Å²) in [6.45, 7) is 0. The molecule has 0 saturated carbocycles. The molecule has 80 valence electrons. The van der Waals surface area contributed by atoms with E-state index in [9.17, 15) is 9.59 Å². The molecule has 0 aliphatic heterocycles. The van der Waals surface area contributed by atoms with Crippen LogP contribution in [-0.4, -0.2) is 24.6 Å². The zero-order valence-corrected chi connectivity index (χ0v) is 9.17. The number of hydrogen-bond acceptors (Lipinski definition) is 2. The first-order valence-corrected chi connectivity index (χ1v) is 5.10. The lowest BCUT2D eigenvalue weighted by Gasteiger charge is -2.06. The molecule has 3 nitrogen and oxygen atoms in total. The van der Waals surface area contributed by atoms with Crippen molar-refractivity contribution in [2.24, 2.45) is 0 Å². The van der Waals surface area contributed by atoms with Crippen molar-refractivity contribution in [3.05, 3.63) is 35.4 Å². The highest BCUT2D eigenvalue weighted by Gasteiger charge is 2.11. The number of nitrogens with one attached hydrogen (secondary N) is 1. The second-order valence-electron chi connectivity index (χ2n) is 3.09. The Balaban J connectivity index is 2.96. The van der Waals surface area contributed by atoms with Crippen molar-refractivity contribution in [1.29, 1.82) is 0 Å². The molecule has 0 saturated heterocycles. The molecule has 0 atom stereocenters. The van der Waals surface area contributed by atoms with E-state index in [-0.39, 0.29) is 24.0 Å². The molecule has 15 heavy (non-hydrogen) atoms. The first kappa shape index (κ1) is 11.7. The lowest BCUT2D eigenvalue weighted by atomic mass is 10.0. The third-order valence-corrected chi connectivity index (χ3v) is 2.32. The third-order valence-electron chi connectivity index (χ3n) is 2.03. The number of benzene rings is 1. The van der Waals surface area contributed by atoms with Crippen LogP contribution in [0.4, 0.5) is 0 Å². The molecule has 0 bridgehead atoms. The van der Waals surface area contributed by atoms with Crippen LogP contribution in [0.3, 0.4) is 0 Å². The van der Waals surface area contributed by atoms with E-state index in [0.717, 1.165) is 0 Å². The zero-order valence-electron chi connectivity index (χ0n) is 8.42. The summed E-state index contributed by atoms with van der Waals surface area (Å²) in [6, 6.07) is 7.01. The molecule has 1 N–H and O–H groups in total. The highest BCUT2D eigenvalue weighted by atomic mass is 35.5. The monoisotopic (exact) mass is 225 g/mol. The molecule has 1 aromatic carbocycles. The predicted octanol–water partition coefficient (Wildman–Crippen LogP) is 1.40. The van der Waals surface area contributed by atoms with Crippen molar-refractivity contribution >= 4 is 23.3 Å². The normalized spacial score (nSPS) is 9.73. The summed E-state index contributed by atoms with van der Waals surface area (Å²) in [5.74, 6) is -0.303. The Morgan fingerprint density at radius 1 is 1.33 bits per heavy atom. The van der Waals surface area contributed by atoms with Gasteiger partial charge in [0.05, 0.1) is 5.88 Å². The molecule has 0 spiro atoms. The van der Waals surface area contributed by atoms with Gasteiger partial charge in [-0.25, -0.2) is 0 Å². The topological polar surface area (TPSA) is 46.2 Å². The van der Waals surface area contributed by atoms with Gasteiger partial charge in [-0.05, 0) is 11.6 Å². The van der Waals surface area contributed by atoms with Crippen LogP contribution in [0.15, 0.2) is 24.3 Å². The highest BCUT2D eigenvalue weighted by Crippen LogP contribution is 2.10. The molecular formula is C11H12ClNO2. The van der Waals surface area contributed by atoms with E-state index in [2.05, 4.69) is 5.32 Å². The van der Waals surface area contributed by atoms with Gasteiger partial charge in [-0.15, -0.1) is 11.6 Å². The van der Waals surface area contributed by atoms with E-state index in [1.54, 1.807) is 31.3 Å². The number of rotatable bonds is 4. The minimum absolute atomic E-state index is 0.0257. The van der Waals surface area contributed by atoms with Gasteiger partial charge in [0.15, 0.2) is 5.78 Å². The summed E-state index contributed by atoms with van der Waals surface area (Å²) in [7, 11) is 1.56. The number of carbonyl (C=O) groups excluding carboxylic acids is 2. The molecule has 0 aromatic heterocycles. The first-order chi connectivity index (χ1) is 7.19. The average Bonchev–Trinajstić information content (AvgIpc) is 2.28. The standard InChI is InChI=1S/C11H12ClNO2/c1-13-11(15)10-5-3-2-4-8(10)6-9(14)7-12/h2-5H,6-7H2,1H3,(H,13,15). The largest absolute Gasteiger partial charge is 0.355 e. The highest BCUT2D eigenvalue weighted by molar-refractivity contribution is 6.27. The molecular weight excluding hydrogens is 214 g/mol. The lowest BCUT2D eigenvalue weighted by Crippen LogP contribution is -2.20. The number of halogens is 1. The number of carbonyl (C=O) groups is 2. The van der Waals surface area contributed by atoms with Gasteiger partial charge in [-0.1, -0.05) is 18.2 Å². The number of Topliss-reactive ketones (excluding diaryl/α,β-unsaturated/α-hetero) is 1. The van der Waals surface area contributed by atoms with E-state index >= 15 is 0 Å². The van der Waals surface area contributed by atoms with E-state index in [4.69, 9.17) is 11.6 Å². The van der Waals surface area contributed by atoms with Crippen LogP contribution in [0, 0.1) is 0 Å². The first-order valence-electron chi connectivity index (χ1n) is 4.56. The fourth-order valence-electron chi connectivity index (χ4n) is 1.29. The van der Waals surface area contributed by atoms with E-state index in [0.29, 0.717) is 11.1 Å². The van der Waals surface area contributed by atoms with Crippen molar-refractivity contribution < 1.29 is 9.59 Å². The number of hydrogen-bond donors (Lipinski definition) is 1. The van der Waals surface area contributed by atoms with Crippen molar-refractivity contribution in [1.82, 2.24) is 5.32 Å². The van der Waals surface area contributed by atoms with Gasteiger partial charge < -0.3 is 5.32 Å². The van der Waals surface area contributed by atoms with Crippen LogP contribution in [-0.2, 0) is 11.2 Å². The maximum atomic E-state index is 11.4. The second kappa shape index (κ2) is 5.51. The van der Waals surface area contributed by atoms with Crippen molar-refractivity contribution in [3.63, 3.8) is 0 Å². The van der Waals surface area contributed by atoms with Crippen molar-refractivity contribution in [3.8, 4) is 0 Å². The minimum atomic E-state index is -0.187. The molecule has 0 aliphatic carbocycles. The summed E-state index contributed by atoms with van der Waals surface area (Å²) in [5, 5.41) is 2.53. The Labute approximate surface area is 93.4 Å². The smallest absolute Gasteiger partial charge is 0.251 e. The third kappa shape index (κ3) is 3.06. The SMILES string of the molecule is CNC(=O)c1ccccc1CC(=O)CCl. The quantitative estimate of drug-likeness (QED) is 0.788. The van der Waals surface area contributed by atoms with E-state index in [1.807, 2.05) is 0 Å². The molecule has 1 rings (SSSR count). The van der Waals surface area contributed by atoms with Crippen molar-refractivity contribution in [2.45, 2.75) is 6.42 Å². The summed E-state index contributed by atoms with van der Waals surface area (Å²) >= 11 is 5.42. The Morgan fingerprint density at radius 3 is 2.60 bits per heavy atom. The van der Waals surface area contributed by atoms with Crippen LogP contribution in [0.2, 0.25) is 0 Å². The molecule has 0 unspecified atom stereocenters. The van der Waals surface area contributed by atoms with Crippen LogP contribution >= 0.6 is 11.6 Å². The second-order valence-corrected chi connectivity index (χ2v) is 3.35. The van der Waals surface area contributed by atoms with Gasteiger partial charge in [-0.2, -0.15) is 0 Å². The van der Waals surface area contributed by atoms with E-state index < -0.39 is 0 Å². The number of alkyl halides is 1. The van der Waals surface area contributed by atoms with Gasteiger partial charge in [0.1, 0.15) is 0 Å². The fraction of sp³-hybridized carbons (Fsp3) is 0.273. The molecule has 1 amide bonds. The van der Waals surface area contributed by atoms with Gasteiger partial charge in [-0.3, -0.25) is 9.59 Å². The predicted molar refractivity (Wildman–Crippen MR) is 59.3 cm³/mol. The van der Waals surface area contributed by atoms with Crippen LogP contribution in [0.25, 0.3) is 0 Å². The number of ketones is 1.